The molecule has 1 saturated heterocycles. The fraction of sp³-hybridized carbons (Fsp3) is 0.923. The monoisotopic (exact) mass is 258 g/mol. The first-order valence-corrected chi connectivity index (χ1v) is 6.86. The molecular weight excluding hydrogens is 232 g/mol. The highest BCUT2D eigenvalue weighted by atomic mass is 16.3. The standard InChI is InChI=1S/C13H26N2O3/c1-3-13(18)11-7-12(14-5-4-6-16)9-15(8-11)10(2)17/h11-14,16,18H,3-9H2,1-2H3. The van der Waals surface area contributed by atoms with Crippen LogP contribution in [0.3, 0.4) is 0 Å². The fourth-order valence-corrected chi connectivity index (χ4v) is 2.54. The molecule has 1 aliphatic heterocycles. The van der Waals surface area contributed by atoms with Gasteiger partial charge in [0.1, 0.15) is 0 Å². The Balaban J connectivity index is 2.53. The Morgan fingerprint density at radius 2 is 2.22 bits per heavy atom. The second-order valence-electron chi connectivity index (χ2n) is 5.12. The lowest BCUT2D eigenvalue weighted by atomic mass is 9.88. The van der Waals surface area contributed by atoms with Gasteiger partial charge < -0.3 is 20.4 Å². The summed E-state index contributed by atoms with van der Waals surface area (Å²) in [6.45, 7) is 5.83. The third kappa shape index (κ3) is 4.55. The van der Waals surface area contributed by atoms with Crippen molar-refractivity contribution in [2.45, 2.75) is 45.3 Å². The Labute approximate surface area is 109 Å². The third-order valence-electron chi connectivity index (χ3n) is 3.66. The summed E-state index contributed by atoms with van der Waals surface area (Å²) >= 11 is 0. The van der Waals surface area contributed by atoms with Crippen LogP contribution in [0, 0.1) is 5.92 Å². The van der Waals surface area contributed by atoms with Crippen LogP contribution >= 0.6 is 0 Å². The Kier molecular flexibility index (Phi) is 6.60. The van der Waals surface area contributed by atoms with Gasteiger partial charge in [0.15, 0.2) is 0 Å². The molecule has 1 heterocycles. The van der Waals surface area contributed by atoms with Crippen molar-refractivity contribution in [3.8, 4) is 0 Å². The van der Waals surface area contributed by atoms with Crippen molar-refractivity contribution < 1.29 is 15.0 Å². The molecule has 0 bridgehead atoms. The van der Waals surface area contributed by atoms with Crippen LogP contribution in [-0.2, 0) is 4.79 Å². The minimum Gasteiger partial charge on any atom is -0.396 e. The summed E-state index contributed by atoms with van der Waals surface area (Å²) < 4.78 is 0. The number of piperidine rings is 1. The average Bonchev–Trinajstić information content (AvgIpc) is 2.37. The molecule has 0 radical (unpaired) electrons. The summed E-state index contributed by atoms with van der Waals surface area (Å²) in [5.41, 5.74) is 0. The number of likely N-dealkylation sites (tertiary alicyclic amines) is 1. The first-order valence-electron chi connectivity index (χ1n) is 6.86. The van der Waals surface area contributed by atoms with Crippen LogP contribution in [0.4, 0.5) is 0 Å². The Hall–Kier alpha value is -0.650. The van der Waals surface area contributed by atoms with Gasteiger partial charge in [-0.2, -0.15) is 0 Å². The fourth-order valence-electron chi connectivity index (χ4n) is 2.54. The SMILES string of the molecule is CCC(O)C1CC(NCCCO)CN(C(C)=O)C1. The maximum Gasteiger partial charge on any atom is 0.219 e. The van der Waals surface area contributed by atoms with E-state index in [1.165, 1.54) is 0 Å². The average molecular weight is 258 g/mol. The van der Waals surface area contributed by atoms with Crippen molar-refractivity contribution in [2.75, 3.05) is 26.2 Å². The van der Waals surface area contributed by atoms with Crippen molar-refractivity contribution in [1.29, 1.82) is 0 Å². The van der Waals surface area contributed by atoms with E-state index in [1.807, 2.05) is 11.8 Å². The molecule has 0 aromatic heterocycles. The molecule has 5 heteroatoms. The summed E-state index contributed by atoms with van der Waals surface area (Å²) in [7, 11) is 0. The van der Waals surface area contributed by atoms with E-state index in [9.17, 15) is 9.90 Å². The predicted octanol–water partition coefficient (Wildman–Crippen LogP) is -0.0337. The normalized spacial score (nSPS) is 26.1. The topological polar surface area (TPSA) is 72.8 Å². The molecule has 3 atom stereocenters. The lowest BCUT2D eigenvalue weighted by Gasteiger charge is -2.39. The number of nitrogens with zero attached hydrogens (tertiary/aromatic N) is 1. The molecule has 0 aliphatic carbocycles. The number of nitrogens with one attached hydrogen (secondary N) is 1. The quantitative estimate of drug-likeness (QED) is 0.585. The molecule has 0 aromatic rings. The maximum absolute atomic E-state index is 11.5. The Morgan fingerprint density at radius 3 is 2.78 bits per heavy atom. The van der Waals surface area contributed by atoms with Gasteiger partial charge in [-0.25, -0.2) is 0 Å². The molecule has 106 valence electrons. The molecule has 3 N–H and O–H groups in total. The highest BCUT2D eigenvalue weighted by Crippen LogP contribution is 2.22. The molecule has 1 rings (SSSR count). The van der Waals surface area contributed by atoms with Gasteiger partial charge in [-0.3, -0.25) is 4.79 Å². The molecule has 1 fully saturated rings. The molecule has 5 nitrogen and oxygen atoms in total. The summed E-state index contributed by atoms with van der Waals surface area (Å²) in [6, 6.07) is 0.223. The van der Waals surface area contributed by atoms with Crippen molar-refractivity contribution in [1.82, 2.24) is 10.2 Å². The van der Waals surface area contributed by atoms with E-state index in [0.717, 1.165) is 25.8 Å². The smallest absolute Gasteiger partial charge is 0.219 e. The van der Waals surface area contributed by atoms with Crippen molar-refractivity contribution in [3.05, 3.63) is 0 Å². The second kappa shape index (κ2) is 7.71. The number of aliphatic hydroxyl groups excluding tert-OH is 2. The van der Waals surface area contributed by atoms with Crippen molar-refractivity contribution in [2.24, 2.45) is 5.92 Å². The van der Waals surface area contributed by atoms with Gasteiger partial charge in [0.2, 0.25) is 5.91 Å². The maximum atomic E-state index is 11.5. The van der Waals surface area contributed by atoms with Gasteiger partial charge in [0.25, 0.3) is 0 Å². The van der Waals surface area contributed by atoms with E-state index in [1.54, 1.807) is 6.92 Å². The highest BCUT2D eigenvalue weighted by molar-refractivity contribution is 5.73. The predicted molar refractivity (Wildman–Crippen MR) is 70.2 cm³/mol. The van der Waals surface area contributed by atoms with Gasteiger partial charge in [0, 0.05) is 38.6 Å². The van der Waals surface area contributed by atoms with Crippen LogP contribution in [0.1, 0.15) is 33.1 Å². The van der Waals surface area contributed by atoms with E-state index >= 15 is 0 Å². The van der Waals surface area contributed by atoms with Gasteiger partial charge >= 0.3 is 0 Å². The molecule has 18 heavy (non-hydrogen) atoms. The number of aliphatic hydroxyl groups is 2. The summed E-state index contributed by atoms with van der Waals surface area (Å²) in [5, 5.41) is 22.1. The number of carbonyl (C=O) groups is 1. The van der Waals surface area contributed by atoms with Gasteiger partial charge in [0.05, 0.1) is 6.10 Å². The summed E-state index contributed by atoms with van der Waals surface area (Å²) in [5.74, 6) is 0.219. The van der Waals surface area contributed by atoms with E-state index in [2.05, 4.69) is 5.32 Å². The second-order valence-corrected chi connectivity index (χ2v) is 5.12. The zero-order chi connectivity index (χ0) is 13.5. The minimum atomic E-state index is -0.339. The largest absolute Gasteiger partial charge is 0.396 e. The zero-order valence-electron chi connectivity index (χ0n) is 11.4. The van der Waals surface area contributed by atoms with Crippen LogP contribution in [0.15, 0.2) is 0 Å². The molecule has 1 amide bonds. The molecule has 1 aliphatic rings. The number of rotatable bonds is 6. The van der Waals surface area contributed by atoms with E-state index in [4.69, 9.17) is 5.11 Å². The number of hydrogen-bond acceptors (Lipinski definition) is 4. The van der Waals surface area contributed by atoms with Gasteiger partial charge in [-0.05, 0) is 25.8 Å². The van der Waals surface area contributed by atoms with Gasteiger partial charge in [-0.15, -0.1) is 0 Å². The lowest BCUT2D eigenvalue weighted by Crippen LogP contribution is -2.53. The zero-order valence-corrected chi connectivity index (χ0v) is 11.4. The van der Waals surface area contributed by atoms with Crippen molar-refractivity contribution >= 4 is 5.91 Å². The van der Waals surface area contributed by atoms with Crippen LogP contribution in [0.25, 0.3) is 0 Å². The minimum absolute atomic E-state index is 0.0666. The van der Waals surface area contributed by atoms with E-state index in [0.29, 0.717) is 13.1 Å². The first-order chi connectivity index (χ1) is 8.58. The van der Waals surface area contributed by atoms with E-state index in [-0.39, 0.29) is 30.6 Å². The number of hydrogen-bond donors (Lipinski definition) is 3. The van der Waals surface area contributed by atoms with Crippen LogP contribution in [0.2, 0.25) is 0 Å². The number of carbonyl (C=O) groups excluding carboxylic acids is 1. The van der Waals surface area contributed by atoms with Crippen LogP contribution in [-0.4, -0.2) is 59.4 Å². The third-order valence-corrected chi connectivity index (χ3v) is 3.66. The summed E-state index contributed by atoms with van der Waals surface area (Å²) in [6.07, 6.45) is 2.00. The molecule has 0 saturated carbocycles. The number of amides is 1. The van der Waals surface area contributed by atoms with E-state index < -0.39 is 0 Å². The Bertz CT molecular complexity index is 261. The van der Waals surface area contributed by atoms with Crippen molar-refractivity contribution in [3.63, 3.8) is 0 Å². The van der Waals surface area contributed by atoms with Crippen LogP contribution < -0.4 is 5.32 Å². The van der Waals surface area contributed by atoms with Crippen LogP contribution in [0.5, 0.6) is 0 Å². The molecule has 0 aromatic carbocycles. The Morgan fingerprint density at radius 1 is 1.50 bits per heavy atom. The summed E-state index contributed by atoms with van der Waals surface area (Å²) in [4.78, 5) is 13.3. The molecular formula is C13H26N2O3. The molecule has 0 spiro atoms. The lowest BCUT2D eigenvalue weighted by molar-refractivity contribution is -0.132. The molecule has 3 unspecified atom stereocenters. The first kappa shape index (κ1) is 15.4. The van der Waals surface area contributed by atoms with Gasteiger partial charge in [-0.1, -0.05) is 6.92 Å². The highest BCUT2D eigenvalue weighted by Gasteiger charge is 2.31.